The second kappa shape index (κ2) is 5.21. The molecule has 0 aliphatic rings. The van der Waals surface area contributed by atoms with Gasteiger partial charge in [0, 0.05) is 22.7 Å². The van der Waals surface area contributed by atoms with Gasteiger partial charge in [0.15, 0.2) is 0 Å². The van der Waals surface area contributed by atoms with Gasteiger partial charge in [-0.2, -0.15) is 5.10 Å². The molecule has 0 aliphatic heterocycles. The normalized spacial score (nSPS) is 12.7. The molecule has 2 rings (SSSR count). The minimum atomic E-state index is 0.0445. The van der Waals surface area contributed by atoms with E-state index in [0.29, 0.717) is 0 Å². The molecule has 5 heteroatoms. The van der Waals surface area contributed by atoms with Gasteiger partial charge in [0.1, 0.15) is 0 Å². The maximum absolute atomic E-state index is 6.27. The molecule has 1 atom stereocenters. The van der Waals surface area contributed by atoms with Crippen LogP contribution in [0.25, 0.3) is 0 Å². The van der Waals surface area contributed by atoms with Gasteiger partial charge in [0.25, 0.3) is 0 Å². The molecule has 1 N–H and O–H groups in total. The van der Waals surface area contributed by atoms with Crippen LogP contribution in [0.1, 0.15) is 17.3 Å². The Bertz CT molecular complexity index is 524. The molecule has 0 fully saturated rings. The number of aromatic nitrogens is 2. The number of benzene rings is 1. The van der Waals surface area contributed by atoms with E-state index in [1.807, 2.05) is 43.0 Å². The van der Waals surface area contributed by atoms with Gasteiger partial charge >= 0.3 is 0 Å². The number of nitrogens with zero attached hydrogens (tertiary/aromatic N) is 2. The van der Waals surface area contributed by atoms with Crippen LogP contribution < -0.4 is 5.32 Å². The highest BCUT2D eigenvalue weighted by atomic mass is 79.9. The second-order valence-electron chi connectivity index (χ2n) is 3.77. The van der Waals surface area contributed by atoms with Crippen LogP contribution in [-0.4, -0.2) is 16.8 Å². The minimum absolute atomic E-state index is 0.0445. The number of rotatable bonds is 3. The topological polar surface area (TPSA) is 29.9 Å². The van der Waals surface area contributed by atoms with Gasteiger partial charge in [-0.05, 0) is 30.8 Å². The van der Waals surface area contributed by atoms with Crippen molar-refractivity contribution < 1.29 is 0 Å². The quantitative estimate of drug-likeness (QED) is 0.943. The van der Waals surface area contributed by atoms with Crippen molar-refractivity contribution in [1.82, 2.24) is 15.1 Å². The fourth-order valence-corrected chi connectivity index (χ4v) is 2.65. The summed E-state index contributed by atoms with van der Waals surface area (Å²) in [5.41, 5.74) is 2.12. The Morgan fingerprint density at radius 2 is 2.18 bits per heavy atom. The summed E-state index contributed by atoms with van der Waals surface area (Å²) in [6.07, 6.45) is 1.78. The predicted molar refractivity (Wildman–Crippen MR) is 73.3 cm³/mol. The lowest BCUT2D eigenvalue weighted by atomic mass is 10.0. The molecule has 17 heavy (non-hydrogen) atoms. The molecule has 0 saturated carbocycles. The Morgan fingerprint density at radius 1 is 1.41 bits per heavy atom. The van der Waals surface area contributed by atoms with Crippen LogP contribution in [0.5, 0.6) is 0 Å². The second-order valence-corrected chi connectivity index (χ2v) is 5.09. The molecule has 1 unspecified atom stereocenters. The molecular weight excluding hydrogens is 302 g/mol. The highest BCUT2D eigenvalue weighted by molar-refractivity contribution is 9.10. The molecule has 0 saturated heterocycles. The molecule has 0 aliphatic carbocycles. The van der Waals surface area contributed by atoms with Crippen molar-refractivity contribution in [2.45, 2.75) is 6.04 Å². The van der Waals surface area contributed by atoms with Crippen molar-refractivity contribution in [3.8, 4) is 0 Å². The van der Waals surface area contributed by atoms with Crippen LogP contribution in [0.2, 0.25) is 5.02 Å². The molecule has 90 valence electrons. The predicted octanol–water partition coefficient (Wildman–Crippen LogP) is 3.14. The largest absolute Gasteiger partial charge is 0.308 e. The van der Waals surface area contributed by atoms with Crippen LogP contribution in [-0.2, 0) is 7.05 Å². The van der Waals surface area contributed by atoms with E-state index in [2.05, 4.69) is 26.3 Å². The molecular formula is C12H13BrClN3. The minimum Gasteiger partial charge on any atom is -0.308 e. The lowest BCUT2D eigenvalue weighted by Gasteiger charge is -2.18. The van der Waals surface area contributed by atoms with E-state index in [4.69, 9.17) is 11.6 Å². The average molecular weight is 315 g/mol. The average Bonchev–Trinajstić information content (AvgIpc) is 2.69. The lowest BCUT2D eigenvalue weighted by Crippen LogP contribution is -2.20. The zero-order chi connectivity index (χ0) is 12.4. The summed E-state index contributed by atoms with van der Waals surface area (Å²) in [4.78, 5) is 0. The molecule has 0 bridgehead atoms. The Balaban J connectivity index is 2.46. The van der Waals surface area contributed by atoms with E-state index in [0.717, 1.165) is 20.8 Å². The summed E-state index contributed by atoms with van der Waals surface area (Å²) in [6.45, 7) is 0. The Labute approximate surface area is 114 Å². The summed E-state index contributed by atoms with van der Waals surface area (Å²) in [5, 5.41) is 8.18. The number of halogens is 2. The molecule has 0 radical (unpaired) electrons. The maximum atomic E-state index is 6.27. The first-order chi connectivity index (χ1) is 8.13. The van der Waals surface area contributed by atoms with E-state index in [1.54, 1.807) is 6.20 Å². The summed E-state index contributed by atoms with van der Waals surface area (Å²) < 4.78 is 2.82. The van der Waals surface area contributed by atoms with Crippen LogP contribution in [0.15, 0.2) is 34.9 Å². The fourth-order valence-electron chi connectivity index (χ4n) is 1.87. The first-order valence-electron chi connectivity index (χ1n) is 5.23. The molecule has 3 nitrogen and oxygen atoms in total. The van der Waals surface area contributed by atoms with E-state index in [9.17, 15) is 0 Å². The number of nitrogens with one attached hydrogen (secondary N) is 1. The Hall–Kier alpha value is -0.840. The van der Waals surface area contributed by atoms with Gasteiger partial charge in [-0.3, -0.25) is 4.68 Å². The van der Waals surface area contributed by atoms with Crippen molar-refractivity contribution in [3.05, 3.63) is 51.2 Å². The molecule has 2 aromatic rings. The van der Waals surface area contributed by atoms with Crippen LogP contribution in [0.4, 0.5) is 0 Å². The van der Waals surface area contributed by atoms with Crippen LogP contribution in [0, 0.1) is 0 Å². The zero-order valence-corrected chi connectivity index (χ0v) is 12.0. The fraction of sp³-hybridized carbons (Fsp3) is 0.250. The van der Waals surface area contributed by atoms with Crippen LogP contribution >= 0.6 is 27.5 Å². The Kier molecular flexibility index (Phi) is 3.86. The third kappa shape index (κ3) is 2.54. The SMILES string of the molecule is CNC(c1ccc(Br)cc1Cl)c1ccnn1C. The number of aryl methyl sites for hydroxylation is 1. The third-order valence-corrected chi connectivity index (χ3v) is 3.54. The monoisotopic (exact) mass is 313 g/mol. The standard InChI is InChI=1S/C12H13BrClN3/c1-15-12(11-5-6-16-17(11)2)9-4-3-8(13)7-10(9)14/h3-7,12,15H,1-2H3. The van der Waals surface area contributed by atoms with Crippen molar-refractivity contribution in [1.29, 1.82) is 0 Å². The summed E-state index contributed by atoms with van der Waals surface area (Å²) in [6, 6.07) is 7.93. The van der Waals surface area contributed by atoms with Gasteiger partial charge in [-0.1, -0.05) is 33.6 Å². The molecule has 0 spiro atoms. The molecule has 1 aromatic carbocycles. The van der Waals surface area contributed by atoms with Crippen molar-refractivity contribution in [2.75, 3.05) is 7.05 Å². The van der Waals surface area contributed by atoms with E-state index in [1.165, 1.54) is 0 Å². The lowest BCUT2D eigenvalue weighted by molar-refractivity contribution is 0.606. The van der Waals surface area contributed by atoms with Gasteiger partial charge in [-0.15, -0.1) is 0 Å². The van der Waals surface area contributed by atoms with E-state index < -0.39 is 0 Å². The maximum Gasteiger partial charge on any atom is 0.0760 e. The highest BCUT2D eigenvalue weighted by Crippen LogP contribution is 2.29. The van der Waals surface area contributed by atoms with Crippen LogP contribution in [0.3, 0.4) is 0 Å². The van der Waals surface area contributed by atoms with Crippen molar-refractivity contribution in [3.63, 3.8) is 0 Å². The number of hydrogen-bond donors (Lipinski definition) is 1. The van der Waals surface area contributed by atoms with Crippen molar-refractivity contribution in [2.24, 2.45) is 7.05 Å². The van der Waals surface area contributed by atoms with Gasteiger partial charge < -0.3 is 5.32 Å². The van der Waals surface area contributed by atoms with Crippen molar-refractivity contribution >= 4 is 27.5 Å². The third-order valence-electron chi connectivity index (χ3n) is 2.72. The first kappa shape index (κ1) is 12.6. The van der Waals surface area contributed by atoms with Gasteiger partial charge in [-0.25, -0.2) is 0 Å². The van der Waals surface area contributed by atoms with Gasteiger partial charge in [0.05, 0.1) is 11.7 Å². The number of hydrogen-bond acceptors (Lipinski definition) is 2. The molecule has 0 amide bonds. The van der Waals surface area contributed by atoms with E-state index in [-0.39, 0.29) is 6.04 Å². The zero-order valence-electron chi connectivity index (χ0n) is 9.61. The highest BCUT2D eigenvalue weighted by Gasteiger charge is 2.17. The molecule has 1 aromatic heterocycles. The smallest absolute Gasteiger partial charge is 0.0760 e. The molecule has 1 heterocycles. The summed E-state index contributed by atoms with van der Waals surface area (Å²) in [5.74, 6) is 0. The summed E-state index contributed by atoms with van der Waals surface area (Å²) >= 11 is 9.68. The Morgan fingerprint density at radius 3 is 2.71 bits per heavy atom. The van der Waals surface area contributed by atoms with E-state index >= 15 is 0 Å². The van der Waals surface area contributed by atoms with Gasteiger partial charge in [0.2, 0.25) is 0 Å². The summed E-state index contributed by atoms with van der Waals surface area (Å²) in [7, 11) is 3.84. The first-order valence-corrected chi connectivity index (χ1v) is 6.40.